The highest BCUT2D eigenvalue weighted by atomic mass is 32.1. The monoisotopic (exact) mass is 510 g/mol. The summed E-state index contributed by atoms with van der Waals surface area (Å²) >= 11 is 1.37. The Balaban J connectivity index is 1.44. The number of nitrogens with zero attached hydrogens (tertiary/aromatic N) is 2. The third-order valence-electron chi connectivity index (χ3n) is 6.11. The highest BCUT2D eigenvalue weighted by molar-refractivity contribution is 7.15. The molecule has 0 spiro atoms. The summed E-state index contributed by atoms with van der Waals surface area (Å²) in [5.74, 6) is -1.11. The topological polar surface area (TPSA) is 85.8 Å². The SMILES string of the molecule is COc1ccccc1C(=O)COC(=O)CC1CCCCN1C(=O)c1nc(C)sc1-c1ccc(F)cc1. The quantitative estimate of drug-likeness (QED) is 0.310. The largest absolute Gasteiger partial charge is 0.496 e. The number of piperidine rings is 1. The number of Topliss-reactive ketones (excluding diaryl/α,β-unsaturated/α-hetero) is 1. The van der Waals surface area contributed by atoms with Crippen LogP contribution in [-0.4, -0.2) is 53.8 Å². The van der Waals surface area contributed by atoms with E-state index in [1.165, 1.54) is 30.6 Å². The molecule has 188 valence electrons. The van der Waals surface area contributed by atoms with Gasteiger partial charge in [-0.3, -0.25) is 14.4 Å². The number of ketones is 1. The van der Waals surface area contributed by atoms with E-state index in [9.17, 15) is 18.8 Å². The van der Waals surface area contributed by atoms with Gasteiger partial charge in [0.15, 0.2) is 6.61 Å². The van der Waals surface area contributed by atoms with E-state index >= 15 is 0 Å². The molecule has 0 bridgehead atoms. The Morgan fingerprint density at radius 2 is 1.86 bits per heavy atom. The third kappa shape index (κ3) is 5.79. The molecule has 1 atom stereocenters. The second-order valence-corrected chi connectivity index (χ2v) is 9.76. The van der Waals surface area contributed by atoms with Gasteiger partial charge in [-0.1, -0.05) is 24.3 Å². The minimum atomic E-state index is -0.545. The molecule has 9 heteroatoms. The van der Waals surface area contributed by atoms with Crippen LogP contribution >= 0.6 is 11.3 Å². The Morgan fingerprint density at radius 1 is 1.11 bits per heavy atom. The lowest BCUT2D eigenvalue weighted by atomic mass is 9.98. The van der Waals surface area contributed by atoms with Crippen LogP contribution in [0.25, 0.3) is 10.4 Å². The van der Waals surface area contributed by atoms with Crippen molar-refractivity contribution >= 4 is 29.0 Å². The van der Waals surface area contributed by atoms with Gasteiger partial charge < -0.3 is 14.4 Å². The average molecular weight is 511 g/mol. The summed E-state index contributed by atoms with van der Waals surface area (Å²) < 4.78 is 23.9. The average Bonchev–Trinajstić information content (AvgIpc) is 3.29. The summed E-state index contributed by atoms with van der Waals surface area (Å²) in [5.41, 5.74) is 1.36. The molecule has 1 saturated heterocycles. The molecule has 0 radical (unpaired) electrons. The molecule has 4 rings (SSSR count). The number of halogens is 1. The fraction of sp³-hybridized carbons (Fsp3) is 0.333. The zero-order valence-corrected chi connectivity index (χ0v) is 21.0. The van der Waals surface area contributed by atoms with Crippen LogP contribution < -0.4 is 4.74 Å². The van der Waals surface area contributed by atoms with Crippen LogP contribution in [0.1, 0.15) is 51.5 Å². The summed E-state index contributed by atoms with van der Waals surface area (Å²) in [7, 11) is 1.47. The number of amides is 1. The normalized spacial score (nSPS) is 15.4. The molecule has 1 unspecified atom stereocenters. The zero-order chi connectivity index (χ0) is 25.7. The number of hydrogen-bond acceptors (Lipinski definition) is 7. The van der Waals surface area contributed by atoms with E-state index in [1.807, 2.05) is 6.92 Å². The number of carbonyl (C=O) groups is 3. The summed E-state index contributed by atoms with van der Waals surface area (Å²) in [6.45, 7) is 1.91. The molecule has 0 N–H and O–H groups in total. The van der Waals surface area contributed by atoms with E-state index in [2.05, 4.69) is 4.98 Å². The van der Waals surface area contributed by atoms with Crippen molar-refractivity contribution in [1.82, 2.24) is 9.88 Å². The first-order valence-corrected chi connectivity index (χ1v) is 12.5. The van der Waals surface area contributed by atoms with Gasteiger partial charge in [-0.15, -0.1) is 11.3 Å². The molecular formula is C27H27FN2O5S. The standard InChI is InChI=1S/C27H27FN2O5S/c1-17-29-25(26(36-17)18-10-12-19(28)13-11-18)27(33)30-14-6-5-7-20(30)15-24(32)35-16-22(31)21-8-3-4-9-23(21)34-2/h3-4,8-13,20H,5-7,14-16H2,1-2H3. The van der Waals surface area contributed by atoms with E-state index in [4.69, 9.17) is 9.47 Å². The summed E-state index contributed by atoms with van der Waals surface area (Å²) in [4.78, 5) is 45.5. The number of para-hydroxylation sites is 1. The van der Waals surface area contributed by atoms with Gasteiger partial charge in [-0.25, -0.2) is 9.37 Å². The lowest BCUT2D eigenvalue weighted by Gasteiger charge is -2.35. The number of likely N-dealkylation sites (tertiary alicyclic amines) is 1. The lowest BCUT2D eigenvalue weighted by molar-refractivity contribution is -0.143. The molecule has 36 heavy (non-hydrogen) atoms. The van der Waals surface area contributed by atoms with Crippen LogP contribution in [-0.2, 0) is 9.53 Å². The van der Waals surface area contributed by atoms with Crippen molar-refractivity contribution in [2.75, 3.05) is 20.3 Å². The number of aromatic nitrogens is 1. The van der Waals surface area contributed by atoms with Gasteiger partial charge in [0.2, 0.25) is 5.78 Å². The first kappa shape index (κ1) is 25.5. The van der Waals surface area contributed by atoms with Gasteiger partial charge in [-0.05, 0) is 56.0 Å². The number of esters is 1. The Bertz CT molecular complexity index is 1260. The van der Waals surface area contributed by atoms with Crippen molar-refractivity contribution in [1.29, 1.82) is 0 Å². The van der Waals surface area contributed by atoms with Crippen LogP contribution in [0, 0.1) is 12.7 Å². The van der Waals surface area contributed by atoms with E-state index < -0.39 is 12.6 Å². The van der Waals surface area contributed by atoms with Crippen LogP contribution in [0.4, 0.5) is 4.39 Å². The molecule has 2 aromatic carbocycles. The summed E-state index contributed by atoms with van der Waals surface area (Å²) in [6, 6.07) is 12.3. The van der Waals surface area contributed by atoms with Crippen LogP contribution in [0.15, 0.2) is 48.5 Å². The zero-order valence-electron chi connectivity index (χ0n) is 20.2. The Kier molecular flexibility index (Phi) is 8.10. The van der Waals surface area contributed by atoms with Crippen molar-refractivity contribution < 1.29 is 28.2 Å². The molecular weight excluding hydrogens is 483 g/mol. The number of methoxy groups -OCH3 is 1. The van der Waals surface area contributed by atoms with Crippen LogP contribution in [0.2, 0.25) is 0 Å². The predicted octanol–water partition coefficient (Wildman–Crippen LogP) is 5.08. The molecule has 1 amide bonds. The minimum Gasteiger partial charge on any atom is -0.496 e. The molecule has 1 aliphatic heterocycles. The Hall–Kier alpha value is -3.59. The van der Waals surface area contributed by atoms with E-state index in [-0.39, 0.29) is 30.0 Å². The maximum absolute atomic E-state index is 13.6. The minimum absolute atomic E-state index is 0.0139. The number of thiazole rings is 1. The second kappa shape index (κ2) is 11.4. The molecule has 0 saturated carbocycles. The van der Waals surface area contributed by atoms with Gasteiger partial charge in [0.1, 0.15) is 17.3 Å². The van der Waals surface area contributed by atoms with Crippen molar-refractivity contribution in [3.8, 4) is 16.2 Å². The number of carbonyl (C=O) groups excluding carboxylic acids is 3. The highest BCUT2D eigenvalue weighted by Gasteiger charge is 2.32. The Labute approximate surface area is 212 Å². The molecule has 2 heterocycles. The molecule has 3 aromatic rings. The van der Waals surface area contributed by atoms with E-state index in [0.717, 1.165) is 17.8 Å². The van der Waals surface area contributed by atoms with Crippen LogP contribution in [0.5, 0.6) is 5.75 Å². The summed E-state index contributed by atoms with van der Waals surface area (Å²) in [5, 5.41) is 0.723. The molecule has 1 fully saturated rings. The number of rotatable bonds is 8. The first-order chi connectivity index (χ1) is 17.4. The number of benzene rings is 2. The molecule has 0 aliphatic carbocycles. The third-order valence-corrected chi connectivity index (χ3v) is 7.12. The highest BCUT2D eigenvalue weighted by Crippen LogP contribution is 2.33. The first-order valence-electron chi connectivity index (χ1n) is 11.7. The lowest BCUT2D eigenvalue weighted by Crippen LogP contribution is -2.45. The Morgan fingerprint density at radius 3 is 2.61 bits per heavy atom. The summed E-state index contributed by atoms with van der Waals surface area (Å²) in [6.07, 6.45) is 2.33. The molecule has 7 nitrogen and oxygen atoms in total. The fourth-order valence-electron chi connectivity index (χ4n) is 4.34. The van der Waals surface area contributed by atoms with E-state index in [1.54, 1.807) is 41.3 Å². The fourth-order valence-corrected chi connectivity index (χ4v) is 5.25. The maximum Gasteiger partial charge on any atom is 0.308 e. The van der Waals surface area contributed by atoms with Gasteiger partial charge in [0.05, 0.1) is 29.0 Å². The molecule has 1 aromatic heterocycles. The van der Waals surface area contributed by atoms with Crippen molar-refractivity contribution in [3.63, 3.8) is 0 Å². The van der Waals surface area contributed by atoms with Gasteiger partial charge in [0.25, 0.3) is 5.91 Å². The van der Waals surface area contributed by atoms with Crippen molar-refractivity contribution in [3.05, 3.63) is 70.6 Å². The van der Waals surface area contributed by atoms with Crippen LogP contribution in [0.3, 0.4) is 0 Å². The number of aryl methyl sites for hydroxylation is 1. The number of hydrogen-bond donors (Lipinski definition) is 0. The van der Waals surface area contributed by atoms with Gasteiger partial charge in [-0.2, -0.15) is 0 Å². The van der Waals surface area contributed by atoms with E-state index in [0.29, 0.717) is 40.4 Å². The number of ether oxygens (including phenoxy) is 2. The van der Waals surface area contributed by atoms with Gasteiger partial charge in [0, 0.05) is 12.6 Å². The van der Waals surface area contributed by atoms with Crippen molar-refractivity contribution in [2.24, 2.45) is 0 Å². The van der Waals surface area contributed by atoms with Gasteiger partial charge >= 0.3 is 5.97 Å². The van der Waals surface area contributed by atoms with Crippen molar-refractivity contribution in [2.45, 2.75) is 38.6 Å². The smallest absolute Gasteiger partial charge is 0.308 e. The molecule has 1 aliphatic rings. The maximum atomic E-state index is 13.6. The second-order valence-electron chi connectivity index (χ2n) is 8.55. The predicted molar refractivity (Wildman–Crippen MR) is 134 cm³/mol.